The Labute approximate surface area is 103 Å². The van der Waals surface area contributed by atoms with Crippen molar-refractivity contribution in [3.05, 3.63) is 17.1 Å². The van der Waals surface area contributed by atoms with Gasteiger partial charge in [-0.1, -0.05) is 13.8 Å². The normalized spacial score (nSPS) is 16.3. The lowest BCUT2D eigenvalue weighted by atomic mass is 10.1. The van der Waals surface area contributed by atoms with Crippen LogP contribution in [0.25, 0.3) is 0 Å². The fourth-order valence-electron chi connectivity index (χ4n) is 2.29. The summed E-state index contributed by atoms with van der Waals surface area (Å²) < 4.78 is 0. The molecular formula is C13H22N4. The fourth-order valence-corrected chi connectivity index (χ4v) is 2.29. The van der Waals surface area contributed by atoms with Crippen LogP contribution in [0.2, 0.25) is 0 Å². The highest BCUT2D eigenvalue weighted by Crippen LogP contribution is 2.21. The van der Waals surface area contributed by atoms with Crippen LogP contribution in [0.3, 0.4) is 0 Å². The highest BCUT2D eigenvalue weighted by atomic mass is 15.2. The smallest absolute Gasteiger partial charge is 0.135 e. The van der Waals surface area contributed by atoms with E-state index < -0.39 is 0 Å². The molecule has 94 valence electrons. The molecule has 0 unspecified atom stereocenters. The Kier molecular flexibility index (Phi) is 3.94. The zero-order chi connectivity index (χ0) is 12.3. The number of aromatic nitrogens is 2. The first kappa shape index (κ1) is 12.3. The summed E-state index contributed by atoms with van der Waals surface area (Å²) in [5.41, 5.74) is 2.46. The van der Waals surface area contributed by atoms with Gasteiger partial charge in [-0.3, -0.25) is 0 Å². The zero-order valence-electron chi connectivity index (χ0n) is 11.1. The molecule has 1 aliphatic heterocycles. The topological polar surface area (TPSA) is 41.1 Å². The lowest BCUT2D eigenvalue weighted by Crippen LogP contribution is -2.44. The summed E-state index contributed by atoms with van der Waals surface area (Å²) >= 11 is 0. The van der Waals surface area contributed by atoms with Gasteiger partial charge in [-0.05, 0) is 13.3 Å². The molecule has 1 aliphatic rings. The standard InChI is InChI=1S/C13H22N4/c1-4-11-10(3)13(16-12(5-2)15-11)17-8-6-14-7-9-17/h14H,4-9H2,1-3H3. The van der Waals surface area contributed by atoms with Gasteiger partial charge < -0.3 is 10.2 Å². The van der Waals surface area contributed by atoms with E-state index in [1.807, 2.05) is 0 Å². The Morgan fingerprint density at radius 1 is 1.12 bits per heavy atom. The van der Waals surface area contributed by atoms with Crippen molar-refractivity contribution in [3.63, 3.8) is 0 Å². The monoisotopic (exact) mass is 234 g/mol. The van der Waals surface area contributed by atoms with Crippen LogP contribution >= 0.6 is 0 Å². The third-order valence-electron chi connectivity index (χ3n) is 3.33. The zero-order valence-corrected chi connectivity index (χ0v) is 11.1. The molecule has 2 heterocycles. The minimum atomic E-state index is 0.909. The molecule has 1 fully saturated rings. The summed E-state index contributed by atoms with van der Waals surface area (Å²) in [5, 5.41) is 3.38. The number of nitrogens with zero attached hydrogens (tertiary/aromatic N) is 3. The number of anilines is 1. The Balaban J connectivity index is 2.36. The van der Waals surface area contributed by atoms with E-state index in [2.05, 4.69) is 36.0 Å². The summed E-state index contributed by atoms with van der Waals surface area (Å²) in [6, 6.07) is 0. The van der Waals surface area contributed by atoms with Crippen LogP contribution in [0.5, 0.6) is 0 Å². The molecule has 0 spiro atoms. The summed E-state index contributed by atoms with van der Waals surface area (Å²) in [4.78, 5) is 11.7. The molecule has 1 N–H and O–H groups in total. The van der Waals surface area contributed by atoms with Gasteiger partial charge in [0, 0.05) is 43.9 Å². The van der Waals surface area contributed by atoms with Crippen molar-refractivity contribution in [1.82, 2.24) is 15.3 Å². The summed E-state index contributed by atoms with van der Waals surface area (Å²) in [6.07, 6.45) is 1.90. The van der Waals surface area contributed by atoms with Gasteiger partial charge in [-0.2, -0.15) is 0 Å². The van der Waals surface area contributed by atoms with E-state index in [9.17, 15) is 0 Å². The van der Waals surface area contributed by atoms with Crippen LogP contribution in [0, 0.1) is 6.92 Å². The van der Waals surface area contributed by atoms with Gasteiger partial charge in [-0.25, -0.2) is 9.97 Å². The van der Waals surface area contributed by atoms with Crippen molar-refractivity contribution in [3.8, 4) is 0 Å². The average molecular weight is 234 g/mol. The minimum absolute atomic E-state index is 0.909. The molecule has 4 heteroatoms. The van der Waals surface area contributed by atoms with Crippen LogP contribution in [0.15, 0.2) is 0 Å². The average Bonchev–Trinajstić information content (AvgIpc) is 2.40. The van der Waals surface area contributed by atoms with Gasteiger partial charge in [0.1, 0.15) is 11.6 Å². The van der Waals surface area contributed by atoms with Crippen molar-refractivity contribution in [2.24, 2.45) is 0 Å². The lowest BCUT2D eigenvalue weighted by molar-refractivity contribution is 0.581. The summed E-state index contributed by atoms with van der Waals surface area (Å²) in [5.74, 6) is 2.12. The number of nitrogens with one attached hydrogen (secondary N) is 1. The molecular weight excluding hydrogens is 212 g/mol. The maximum atomic E-state index is 4.71. The van der Waals surface area contributed by atoms with Crippen molar-refractivity contribution in [2.75, 3.05) is 31.1 Å². The molecule has 1 aromatic heterocycles. The Morgan fingerprint density at radius 3 is 2.41 bits per heavy atom. The first-order chi connectivity index (χ1) is 8.26. The lowest BCUT2D eigenvalue weighted by Gasteiger charge is -2.30. The fraction of sp³-hybridized carbons (Fsp3) is 0.692. The summed E-state index contributed by atoms with van der Waals surface area (Å²) in [6.45, 7) is 10.6. The van der Waals surface area contributed by atoms with E-state index in [-0.39, 0.29) is 0 Å². The summed E-state index contributed by atoms with van der Waals surface area (Å²) in [7, 11) is 0. The molecule has 2 rings (SSSR count). The van der Waals surface area contributed by atoms with E-state index in [4.69, 9.17) is 4.98 Å². The predicted molar refractivity (Wildman–Crippen MR) is 70.6 cm³/mol. The van der Waals surface area contributed by atoms with Crippen LogP contribution < -0.4 is 10.2 Å². The first-order valence-corrected chi connectivity index (χ1v) is 6.58. The van der Waals surface area contributed by atoms with Gasteiger partial charge in [0.15, 0.2) is 0 Å². The third kappa shape index (κ3) is 2.57. The maximum absolute atomic E-state index is 4.71. The highest BCUT2D eigenvalue weighted by Gasteiger charge is 2.17. The van der Waals surface area contributed by atoms with E-state index >= 15 is 0 Å². The number of hydrogen-bond acceptors (Lipinski definition) is 4. The van der Waals surface area contributed by atoms with Crippen LogP contribution in [-0.4, -0.2) is 36.1 Å². The second kappa shape index (κ2) is 5.45. The van der Waals surface area contributed by atoms with Gasteiger partial charge in [-0.15, -0.1) is 0 Å². The number of aryl methyl sites for hydroxylation is 2. The molecule has 4 nitrogen and oxygen atoms in total. The molecule has 0 amide bonds. The van der Waals surface area contributed by atoms with Gasteiger partial charge in [0.05, 0.1) is 0 Å². The van der Waals surface area contributed by atoms with Crippen LogP contribution in [0.1, 0.15) is 30.9 Å². The first-order valence-electron chi connectivity index (χ1n) is 6.58. The largest absolute Gasteiger partial charge is 0.354 e. The third-order valence-corrected chi connectivity index (χ3v) is 3.33. The second-order valence-electron chi connectivity index (χ2n) is 4.48. The van der Waals surface area contributed by atoms with Crippen molar-refractivity contribution in [1.29, 1.82) is 0 Å². The van der Waals surface area contributed by atoms with E-state index in [0.29, 0.717) is 0 Å². The van der Waals surface area contributed by atoms with Crippen LogP contribution in [-0.2, 0) is 12.8 Å². The van der Waals surface area contributed by atoms with Crippen molar-refractivity contribution < 1.29 is 0 Å². The van der Waals surface area contributed by atoms with Crippen molar-refractivity contribution in [2.45, 2.75) is 33.6 Å². The number of rotatable bonds is 3. The molecule has 0 aromatic carbocycles. The Bertz CT molecular complexity index is 383. The van der Waals surface area contributed by atoms with Crippen molar-refractivity contribution >= 4 is 5.82 Å². The molecule has 0 aliphatic carbocycles. The molecule has 0 bridgehead atoms. The minimum Gasteiger partial charge on any atom is -0.354 e. The van der Waals surface area contributed by atoms with E-state index in [1.165, 1.54) is 11.3 Å². The van der Waals surface area contributed by atoms with Gasteiger partial charge in [0.25, 0.3) is 0 Å². The molecule has 17 heavy (non-hydrogen) atoms. The maximum Gasteiger partial charge on any atom is 0.135 e. The van der Waals surface area contributed by atoms with E-state index in [0.717, 1.165) is 50.7 Å². The number of hydrogen-bond donors (Lipinski definition) is 1. The quantitative estimate of drug-likeness (QED) is 0.856. The van der Waals surface area contributed by atoms with Gasteiger partial charge >= 0.3 is 0 Å². The molecule has 1 aromatic rings. The Hall–Kier alpha value is -1.16. The Morgan fingerprint density at radius 2 is 1.82 bits per heavy atom. The SMILES string of the molecule is CCc1nc(CC)c(C)c(N2CCNCC2)n1. The molecule has 0 saturated carbocycles. The molecule has 0 radical (unpaired) electrons. The predicted octanol–water partition coefficient (Wildman–Crippen LogP) is 1.32. The molecule has 1 saturated heterocycles. The second-order valence-corrected chi connectivity index (χ2v) is 4.48. The van der Waals surface area contributed by atoms with Gasteiger partial charge in [0.2, 0.25) is 0 Å². The number of piperazine rings is 1. The van der Waals surface area contributed by atoms with E-state index in [1.54, 1.807) is 0 Å². The van der Waals surface area contributed by atoms with Crippen LogP contribution in [0.4, 0.5) is 5.82 Å². The highest BCUT2D eigenvalue weighted by molar-refractivity contribution is 5.49. The molecule has 0 atom stereocenters.